The summed E-state index contributed by atoms with van der Waals surface area (Å²) in [6.07, 6.45) is 17.7. The zero-order chi connectivity index (χ0) is 21.6. The van der Waals surface area contributed by atoms with Gasteiger partial charge >= 0.3 is 0 Å². The van der Waals surface area contributed by atoms with E-state index in [1.165, 1.54) is 88.2 Å². The minimum atomic E-state index is -0.121. The predicted octanol–water partition coefficient (Wildman–Crippen LogP) is 9.04. The van der Waals surface area contributed by atoms with Crippen LogP contribution in [-0.4, -0.2) is 4.98 Å². The average molecular weight is 422 g/mol. The summed E-state index contributed by atoms with van der Waals surface area (Å²) in [4.78, 5) is 4.68. The van der Waals surface area contributed by atoms with Crippen LogP contribution in [0, 0.1) is 17.7 Å². The largest absolute Gasteiger partial charge is 0.256 e. The van der Waals surface area contributed by atoms with Gasteiger partial charge in [-0.1, -0.05) is 64.5 Å². The lowest BCUT2D eigenvalue weighted by Crippen LogP contribution is -2.13. The van der Waals surface area contributed by atoms with Crippen molar-refractivity contribution >= 4 is 0 Å². The summed E-state index contributed by atoms with van der Waals surface area (Å²) < 4.78 is 15.0. The summed E-state index contributed by atoms with van der Waals surface area (Å²) in [5.41, 5.74) is 3.90. The average Bonchev–Trinajstić information content (AvgIpc) is 2.80. The number of unbranched alkanes of at least 4 members (excludes halogenated alkanes) is 2. The van der Waals surface area contributed by atoms with Crippen molar-refractivity contribution < 1.29 is 4.39 Å². The maximum absolute atomic E-state index is 15.0. The molecule has 0 aliphatic heterocycles. The molecule has 168 valence electrons. The van der Waals surface area contributed by atoms with Crippen molar-refractivity contribution in [3.05, 3.63) is 53.5 Å². The van der Waals surface area contributed by atoms with E-state index >= 15 is 0 Å². The monoisotopic (exact) mass is 421 g/mol. The van der Waals surface area contributed by atoms with E-state index in [1.54, 1.807) is 6.07 Å². The molecular formula is C29H40FN. The van der Waals surface area contributed by atoms with E-state index in [1.807, 2.05) is 18.3 Å². The molecule has 2 fully saturated rings. The molecular weight excluding hydrogens is 381 g/mol. The van der Waals surface area contributed by atoms with E-state index in [9.17, 15) is 4.39 Å². The van der Waals surface area contributed by atoms with Crippen LogP contribution in [-0.2, 0) is 0 Å². The van der Waals surface area contributed by atoms with Crippen LogP contribution in [0.5, 0.6) is 0 Å². The van der Waals surface area contributed by atoms with Crippen LogP contribution in [0.4, 0.5) is 4.39 Å². The van der Waals surface area contributed by atoms with Gasteiger partial charge in [0, 0.05) is 11.8 Å². The standard InChI is InChI=1S/C29H40FN/c1-3-4-5-6-22-9-13-24(14-10-22)26-16-18-29(31-20-26)27-17-15-25(19-28(27)30)23-11-7-21(2)8-12-23/h15-24H,3-14H2,1-2H3/t21-,22-,23-,24-. The highest BCUT2D eigenvalue weighted by Crippen LogP contribution is 2.39. The molecule has 0 atom stereocenters. The molecule has 4 rings (SSSR count). The lowest BCUT2D eigenvalue weighted by Gasteiger charge is -2.28. The van der Waals surface area contributed by atoms with Crippen LogP contribution in [0.1, 0.15) is 114 Å². The van der Waals surface area contributed by atoms with Gasteiger partial charge in [0.25, 0.3) is 0 Å². The summed E-state index contributed by atoms with van der Waals surface area (Å²) in [5, 5.41) is 0. The number of aromatic nitrogens is 1. The van der Waals surface area contributed by atoms with Gasteiger partial charge in [0.05, 0.1) is 5.69 Å². The Balaban J connectivity index is 1.36. The molecule has 0 spiro atoms. The highest BCUT2D eigenvalue weighted by Gasteiger charge is 2.23. The second-order valence-electron chi connectivity index (χ2n) is 10.4. The summed E-state index contributed by atoms with van der Waals surface area (Å²) >= 11 is 0. The summed E-state index contributed by atoms with van der Waals surface area (Å²) in [6, 6.07) is 10.1. The lowest BCUT2D eigenvalue weighted by molar-refractivity contribution is 0.302. The molecule has 0 amide bonds. The van der Waals surface area contributed by atoms with Gasteiger partial charge in [-0.2, -0.15) is 0 Å². The van der Waals surface area contributed by atoms with Crippen LogP contribution in [0.25, 0.3) is 11.3 Å². The fraction of sp³-hybridized carbons (Fsp3) is 0.621. The maximum Gasteiger partial charge on any atom is 0.132 e. The molecule has 0 saturated heterocycles. The fourth-order valence-corrected chi connectivity index (χ4v) is 5.86. The van der Waals surface area contributed by atoms with Crippen molar-refractivity contribution in [2.45, 2.75) is 103 Å². The number of benzene rings is 1. The Morgan fingerprint density at radius 2 is 1.52 bits per heavy atom. The first-order valence-corrected chi connectivity index (χ1v) is 12.9. The molecule has 2 heteroatoms. The van der Waals surface area contributed by atoms with Gasteiger partial charge in [0.2, 0.25) is 0 Å². The van der Waals surface area contributed by atoms with Crippen molar-refractivity contribution in [1.82, 2.24) is 4.98 Å². The van der Waals surface area contributed by atoms with Crippen molar-refractivity contribution in [2.24, 2.45) is 11.8 Å². The topological polar surface area (TPSA) is 12.9 Å². The Morgan fingerprint density at radius 1 is 0.839 bits per heavy atom. The molecule has 0 unspecified atom stereocenters. The molecule has 1 aromatic heterocycles. The molecule has 2 aliphatic carbocycles. The number of hydrogen-bond donors (Lipinski definition) is 0. The Labute approximate surface area is 188 Å². The van der Waals surface area contributed by atoms with E-state index in [0.717, 1.165) is 17.5 Å². The first-order valence-electron chi connectivity index (χ1n) is 12.9. The molecule has 2 aliphatic rings. The molecule has 1 nitrogen and oxygen atoms in total. The Morgan fingerprint density at radius 3 is 2.16 bits per heavy atom. The van der Waals surface area contributed by atoms with Gasteiger partial charge in [-0.05, 0) is 91.5 Å². The van der Waals surface area contributed by atoms with Gasteiger partial charge in [0.15, 0.2) is 0 Å². The van der Waals surface area contributed by atoms with E-state index in [2.05, 4.69) is 31.0 Å². The minimum Gasteiger partial charge on any atom is -0.256 e. The first kappa shape index (κ1) is 22.5. The van der Waals surface area contributed by atoms with Crippen molar-refractivity contribution in [3.8, 4) is 11.3 Å². The second kappa shape index (κ2) is 10.7. The quantitative estimate of drug-likeness (QED) is 0.406. The van der Waals surface area contributed by atoms with E-state index in [-0.39, 0.29) is 5.82 Å². The molecule has 1 aromatic carbocycles. The number of halogens is 1. The van der Waals surface area contributed by atoms with Crippen LogP contribution < -0.4 is 0 Å². The van der Waals surface area contributed by atoms with E-state index in [0.29, 0.717) is 17.4 Å². The lowest BCUT2D eigenvalue weighted by atomic mass is 9.77. The summed E-state index contributed by atoms with van der Waals surface area (Å²) in [6.45, 7) is 4.61. The number of pyridine rings is 1. The number of rotatable bonds is 7. The molecule has 0 radical (unpaired) electrons. The smallest absolute Gasteiger partial charge is 0.132 e. The molecule has 0 N–H and O–H groups in total. The summed E-state index contributed by atoms with van der Waals surface area (Å²) in [5.74, 6) is 2.77. The van der Waals surface area contributed by atoms with Crippen LogP contribution in [0.15, 0.2) is 36.5 Å². The third-order valence-corrected chi connectivity index (χ3v) is 8.08. The molecule has 2 saturated carbocycles. The van der Waals surface area contributed by atoms with Gasteiger partial charge in [-0.25, -0.2) is 4.39 Å². The van der Waals surface area contributed by atoms with Crippen LogP contribution in [0.3, 0.4) is 0 Å². The normalized spacial score (nSPS) is 26.7. The van der Waals surface area contributed by atoms with Gasteiger partial charge in [-0.3, -0.25) is 4.98 Å². The first-order chi connectivity index (χ1) is 15.1. The highest BCUT2D eigenvalue weighted by molar-refractivity contribution is 5.60. The van der Waals surface area contributed by atoms with Crippen LogP contribution in [0.2, 0.25) is 0 Å². The van der Waals surface area contributed by atoms with Crippen molar-refractivity contribution in [3.63, 3.8) is 0 Å². The van der Waals surface area contributed by atoms with Crippen LogP contribution >= 0.6 is 0 Å². The van der Waals surface area contributed by atoms with Crippen molar-refractivity contribution in [1.29, 1.82) is 0 Å². The second-order valence-corrected chi connectivity index (χ2v) is 10.4. The molecule has 0 bridgehead atoms. The minimum absolute atomic E-state index is 0.121. The van der Waals surface area contributed by atoms with Gasteiger partial charge in [-0.15, -0.1) is 0 Å². The van der Waals surface area contributed by atoms with Gasteiger partial charge in [0.1, 0.15) is 5.82 Å². The Kier molecular flexibility index (Phi) is 7.80. The predicted molar refractivity (Wildman–Crippen MR) is 129 cm³/mol. The molecule has 31 heavy (non-hydrogen) atoms. The maximum atomic E-state index is 15.0. The molecule has 1 heterocycles. The zero-order valence-electron chi connectivity index (χ0n) is 19.6. The number of hydrogen-bond acceptors (Lipinski definition) is 1. The third kappa shape index (κ3) is 5.76. The third-order valence-electron chi connectivity index (χ3n) is 8.08. The van der Waals surface area contributed by atoms with E-state index < -0.39 is 0 Å². The molecule has 2 aromatic rings. The Hall–Kier alpha value is -1.70. The highest BCUT2D eigenvalue weighted by atomic mass is 19.1. The Bertz CT molecular complexity index is 811. The number of nitrogens with zero attached hydrogens (tertiary/aromatic N) is 1. The zero-order valence-corrected chi connectivity index (χ0v) is 19.6. The van der Waals surface area contributed by atoms with Crippen molar-refractivity contribution in [2.75, 3.05) is 0 Å². The fourth-order valence-electron chi connectivity index (χ4n) is 5.86. The SMILES string of the molecule is CCCCC[C@H]1CC[C@H](c2ccc(-c3ccc([C@H]4CC[C@H](C)CC4)cc3F)nc2)CC1. The summed E-state index contributed by atoms with van der Waals surface area (Å²) in [7, 11) is 0. The van der Waals surface area contributed by atoms with Gasteiger partial charge < -0.3 is 0 Å². The van der Waals surface area contributed by atoms with E-state index in [4.69, 9.17) is 0 Å².